The van der Waals surface area contributed by atoms with Gasteiger partial charge in [-0.3, -0.25) is 0 Å². The maximum absolute atomic E-state index is 4.29. The Balaban J connectivity index is 2.14. The Morgan fingerprint density at radius 3 is 1.88 bits per heavy atom. The van der Waals surface area contributed by atoms with E-state index in [9.17, 15) is 0 Å². The van der Waals surface area contributed by atoms with Crippen molar-refractivity contribution in [1.29, 1.82) is 0 Å². The van der Waals surface area contributed by atoms with Crippen molar-refractivity contribution in [3.8, 4) is 0 Å². The number of hydrogen-bond donors (Lipinski definition) is 0. The first-order valence-corrected chi connectivity index (χ1v) is 9.25. The maximum atomic E-state index is 4.29. The lowest BCUT2D eigenvalue weighted by Gasteiger charge is -2.09. The van der Waals surface area contributed by atoms with Crippen LogP contribution in [0.25, 0.3) is 0 Å². The monoisotopic (exact) mass is 239 g/mol. The summed E-state index contributed by atoms with van der Waals surface area (Å²) >= 11 is 0. The molecule has 0 aliphatic heterocycles. The molecule has 0 atom stereocenters. The van der Waals surface area contributed by atoms with Crippen molar-refractivity contribution in [2.75, 3.05) is 0 Å². The van der Waals surface area contributed by atoms with E-state index < -0.39 is 8.07 Å². The predicted octanol–water partition coefficient (Wildman–Crippen LogP) is 3.57. The van der Waals surface area contributed by atoms with Gasteiger partial charge in [0.05, 0.1) is 0 Å². The van der Waals surface area contributed by atoms with Crippen LogP contribution in [0.1, 0.15) is 11.1 Å². The minimum Gasteiger partial charge on any atom is -0.0622 e. The minimum absolute atomic E-state index is 1.01. The lowest BCUT2D eigenvalue weighted by atomic mass is 10.1. The normalized spacial score (nSPS) is 11.4. The standard InChI is InChI=1S/C16H19Si/c1-17(2,3)16-11-9-15(10-12-16)13-14-7-5-4-6-8-14/h4-12H,1,13H2,2-3H3/q+1. The fraction of sp³-hybridized carbons (Fsp3) is 0.188. The minimum atomic E-state index is -1.40. The summed E-state index contributed by atoms with van der Waals surface area (Å²) in [6.45, 7) is 8.85. The van der Waals surface area contributed by atoms with E-state index in [1.807, 2.05) is 0 Å². The fourth-order valence-electron chi connectivity index (χ4n) is 1.91. The van der Waals surface area contributed by atoms with Crippen LogP contribution < -0.4 is 5.19 Å². The van der Waals surface area contributed by atoms with Crippen LogP contribution >= 0.6 is 0 Å². The number of rotatable bonds is 3. The molecule has 0 amide bonds. The molecule has 0 aliphatic rings. The van der Waals surface area contributed by atoms with E-state index in [4.69, 9.17) is 0 Å². The van der Waals surface area contributed by atoms with Gasteiger partial charge in [-0.2, -0.15) is 0 Å². The zero-order valence-electron chi connectivity index (χ0n) is 10.6. The van der Waals surface area contributed by atoms with Crippen LogP contribution in [0.2, 0.25) is 13.1 Å². The van der Waals surface area contributed by atoms with Gasteiger partial charge in [-0.25, -0.2) is 0 Å². The third kappa shape index (κ3) is 3.24. The molecular weight excluding hydrogens is 220 g/mol. The van der Waals surface area contributed by atoms with Gasteiger partial charge in [-0.15, -0.1) is 0 Å². The van der Waals surface area contributed by atoms with Crippen molar-refractivity contribution in [2.24, 2.45) is 0 Å². The summed E-state index contributed by atoms with van der Waals surface area (Å²) in [6.07, 6.45) is 1.01. The van der Waals surface area contributed by atoms with Gasteiger partial charge in [-0.1, -0.05) is 54.6 Å². The molecule has 86 valence electrons. The van der Waals surface area contributed by atoms with Gasteiger partial charge < -0.3 is 0 Å². The van der Waals surface area contributed by atoms with Crippen LogP contribution in [-0.4, -0.2) is 8.07 Å². The van der Waals surface area contributed by atoms with Crippen LogP contribution in [-0.2, 0) is 6.42 Å². The summed E-state index contributed by atoms with van der Waals surface area (Å²) < 4.78 is 0. The molecule has 0 unspecified atom stereocenters. The molecule has 0 saturated heterocycles. The zero-order chi connectivity index (χ0) is 12.3. The highest BCUT2D eigenvalue weighted by Crippen LogP contribution is 2.09. The molecule has 2 rings (SSSR count). The molecule has 0 N–H and O–H groups in total. The van der Waals surface area contributed by atoms with Gasteiger partial charge in [0.2, 0.25) is 0 Å². The molecule has 0 aliphatic carbocycles. The van der Waals surface area contributed by atoms with Gasteiger partial charge in [0.1, 0.15) is 0 Å². The molecule has 0 fully saturated rings. The molecule has 0 saturated carbocycles. The summed E-state index contributed by atoms with van der Waals surface area (Å²) in [7, 11) is -1.40. The molecule has 2 aromatic carbocycles. The summed E-state index contributed by atoms with van der Waals surface area (Å²) in [4.78, 5) is 0. The van der Waals surface area contributed by atoms with Crippen molar-refractivity contribution in [3.63, 3.8) is 0 Å². The van der Waals surface area contributed by atoms with Gasteiger partial charge in [0.15, 0.2) is 0 Å². The second kappa shape index (κ2) is 4.80. The third-order valence-corrected chi connectivity index (χ3v) is 4.88. The van der Waals surface area contributed by atoms with Gasteiger partial charge >= 0.3 is 0 Å². The van der Waals surface area contributed by atoms with E-state index in [2.05, 4.69) is 74.2 Å². The Morgan fingerprint density at radius 1 is 0.824 bits per heavy atom. The molecule has 0 heterocycles. The SMILES string of the molecule is [CH2+][Si](C)(C)c1ccc(Cc2ccccc2)cc1. The van der Waals surface area contributed by atoms with Crippen molar-refractivity contribution in [1.82, 2.24) is 0 Å². The molecular formula is C16H19Si+. The number of hydrogen-bond acceptors (Lipinski definition) is 0. The highest BCUT2D eigenvalue weighted by atomic mass is 28.3. The highest BCUT2D eigenvalue weighted by Gasteiger charge is 2.26. The van der Waals surface area contributed by atoms with Gasteiger partial charge in [0.25, 0.3) is 8.07 Å². The van der Waals surface area contributed by atoms with E-state index in [1.54, 1.807) is 0 Å². The van der Waals surface area contributed by atoms with E-state index >= 15 is 0 Å². The van der Waals surface area contributed by atoms with Crippen LogP contribution in [0.5, 0.6) is 0 Å². The fourth-order valence-corrected chi connectivity index (χ4v) is 2.97. The Kier molecular flexibility index (Phi) is 3.39. The molecule has 0 spiro atoms. The maximum Gasteiger partial charge on any atom is 0.291 e. The molecule has 0 radical (unpaired) electrons. The van der Waals surface area contributed by atoms with E-state index in [1.165, 1.54) is 16.3 Å². The van der Waals surface area contributed by atoms with E-state index in [0.29, 0.717) is 0 Å². The Hall–Kier alpha value is -1.47. The molecule has 0 nitrogen and oxygen atoms in total. The highest BCUT2D eigenvalue weighted by molar-refractivity contribution is 6.91. The summed E-state index contributed by atoms with van der Waals surface area (Å²) in [6, 6.07) is 19.6. The van der Waals surface area contributed by atoms with E-state index in [-0.39, 0.29) is 0 Å². The zero-order valence-corrected chi connectivity index (χ0v) is 11.6. The Bertz CT molecular complexity index is 463. The first-order valence-electron chi connectivity index (χ1n) is 6.04. The largest absolute Gasteiger partial charge is 0.291 e. The second-order valence-electron chi connectivity index (χ2n) is 5.24. The summed E-state index contributed by atoms with van der Waals surface area (Å²) in [5.74, 6) is 0. The average molecular weight is 239 g/mol. The summed E-state index contributed by atoms with van der Waals surface area (Å²) in [5, 5.41) is 1.43. The van der Waals surface area contributed by atoms with Crippen molar-refractivity contribution in [3.05, 3.63) is 72.3 Å². The quantitative estimate of drug-likeness (QED) is 0.567. The lowest BCUT2D eigenvalue weighted by Crippen LogP contribution is -2.38. The van der Waals surface area contributed by atoms with E-state index in [0.717, 1.165) is 6.42 Å². The van der Waals surface area contributed by atoms with Crippen LogP contribution in [0, 0.1) is 6.55 Å². The van der Waals surface area contributed by atoms with Gasteiger partial charge in [0, 0.05) is 6.55 Å². The van der Waals surface area contributed by atoms with Crippen molar-refractivity contribution >= 4 is 13.3 Å². The first-order chi connectivity index (χ1) is 8.05. The molecule has 17 heavy (non-hydrogen) atoms. The molecule has 0 aromatic heterocycles. The summed E-state index contributed by atoms with van der Waals surface area (Å²) in [5.41, 5.74) is 2.74. The van der Waals surface area contributed by atoms with Crippen molar-refractivity contribution < 1.29 is 0 Å². The van der Waals surface area contributed by atoms with Gasteiger partial charge in [-0.05, 0) is 35.8 Å². The molecule has 1 heteroatoms. The molecule has 2 aromatic rings. The number of benzene rings is 2. The smallest absolute Gasteiger partial charge is 0.0622 e. The molecule has 0 bridgehead atoms. The Morgan fingerprint density at radius 2 is 1.35 bits per heavy atom. The third-order valence-electron chi connectivity index (χ3n) is 2.99. The van der Waals surface area contributed by atoms with Crippen LogP contribution in [0.3, 0.4) is 0 Å². The first kappa shape index (κ1) is 12.0. The predicted molar refractivity (Wildman–Crippen MR) is 78.2 cm³/mol. The second-order valence-corrected chi connectivity index (χ2v) is 9.59. The average Bonchev–Trinajstić information content (AvgIpc) is 2.30. The lowest BCUT2D eigenvalue weighted by molar-refractivity contribution is 1.20. The topological polar surface area (TPSA) is 0 Å². The van der Waals surface area contributed by atoms with Crippen molar-refractivity contribution in [2.45, 2.75) is 19.5 Å². The van der Waals surface area contributed by atoms with Crippen LogP contribution in [0.4, 0.5) is 0 Å². The van der Waals surface area contributed by atoms with Crippen LogP contribution in [0.15, 0.2) is 54.6 Å². The Labute approximate surface area is 105 Å².